The monoisotopic (exact) mass is 598 g/mol. The number of nitrogens with zero attached hydrogens (tertiary/aromatic N) is 1. The first-order valence-electron chi connectivity index (χ1n) is 13.9. The van der Waals surface area contributed by atoms with E-state index >= 15 is 0 Å². The average molecular weight is 599 g/mol. The lowest BCUT2D eigenvalue weighted by Gasteiger charge is -2.26. The number of hydrogen-bond donors (Lipinski definition) is 4. The smallest absolute Gasteiger partial charge is 0.414 e. The quantitative estimate of drug-likeness (QED) is 0.286. The van der Waals surface area contributed by atoms with Gasteiger partial charge in [0.2, 0.25) is 0 Å². The zero-order valence-electron chi connectivity index (χ0n) is 23.2. The molecule has 2 aromatic heterocycles. The molecule has 11 heteroatoms. The maximum atomic E-state index is 12.9. The summed E-state index contributed by atoms with van der Waals surface area (Å²) in [4.78, 5) is 42.9. The minimum absolute atomic E-state index is 0.107. The second kappa shape index (κ2) is 12.8. The Morgan fingerprint density at radius 1 is 1.15 bits per heavy atom. The minimum atomic E-state index is -0.485. The van der Waals surface area contributed by atoms with Gasteiger partial charge < -0.3 is 25.5 Å². The number of carbonyl (C=O) groups is 2. The normalized spacial score (nSPS) is 20.7. The highest BCUT2D eigenvalue weighted by Crippen LogP contribution is 2.34. The Bertz CT molecular complexity index is 1460. The van der Waals surface area contributed by atoms with Crippen LogP contribution in [0.15, 0.2) is 41.3 Å². The number of H-pyrrole nitrogens is 1. The van der Waals surface area contributed by atoms with Gasteiger partial charge in [0.05, 0.1) is 28.4 Å². The Morgan fingerprint density at radius 3 is 2.56 bits per heavy atom. The van der Waals surface area contributed by atoms with E-state index in [0.29, 0.717) is 40.5 Å². The molecule has 1 saturated carbocycles. The first kappa shape index (κ1) is 29.3. The number of nitrogens with one attached hydrogen (secondary N) is 3. The molecule has 1 atom stereocenters. The Labute approximate surface area is 247 Å². The second-order valence-electron chi connectivity index (χ2n) is 10.8. The summed E-state index contributed by atoms with van der Waals surface area (Å²) in [5.41, 5.74) is 5.07. The minimum Gasteiger partial charge on any atom is -0.442 e. The van der Waals surface area contributed by atoms with Gasteiger partial charge in [-0.1, -0.05) is 11.6 Å². The summed E-state index contributed by atoms with van der Waals surface area (Å²) in [6.45, 7) is 5.14. The summed E-state index contributed by atoms with van der Waals surface area (Å²) >= 11 is 7.11. The van der Waals surface area contributed by atoms with Crippen molar-refractivity contribution in [1.29, 1.82) is 0 Å². The van der Waals surface area contributed by atoms with Crippen molar-refractivity contribution in [2.45, 2.75) is 64.2 Å². The highest BCUT2D eigenvalue weighted by atomic mass is 35.5. The molecule has 1 aliphatic heterocycles. The molecular formula is C30H35ClN4O5S. The number of benzene rings is 1. The van der Waals surface area contributed by atoms with E-state index in [2.05, 4.69) is 15.6 Å². The molecule has 1 aliphatic carbocycles. The number of aliphatic hydroxyl groups is 1. The third-order valence-corrected chi connectivity index (χ3v) is 9.06. The number of cyclic esters (lactones) is 1. The number of aromatic amines is 1. The topological polar surface area (TPSA) is 124 Å². The van der Waals surface area contributed by atoms with Crippen LogP contribution in [0.5, 0.6) is 0 Å². The summed E-state index contributed by atoms with van der Waals surface area (Å²) in [5.74, 6) is -0.256. The fourth-order valence-electron chi connectivity index (χ4n) is 5.76. The third kappa shape index (κ3) is 6.83. The van der Waals surface area contributed by atoms with Crippen LogP contribution in [0.2, 0.25) is 4.34 Å². The summed E-state index contributed by atoms with van der Waals surface area (Å²) in [6.07, 6.45) is 4.60. The average Bonchev–Trinajstić information content (AvgIpc) is 3.54. The molecule has 2 fully saturated rings. The van der Waals surface area contributed by atoms with Crippen LogP contribution < -0.4 is 21.1 Å². The van der Waals surface area contributed by atoms with Gasteiger partial charge in [-0.2, -0.15) is 0 Å². The number of anilines is 1. The molecule has 2 aliphatic rings. The Hall–Kier alpha value is -3.18. The molecule has 0 unspecified atom stereocenters. The molecule has 9 nitrogen and oxygen atoms in total. The van der Waals surface area contributed by atoms with Crippen molar-refractivity contribution in [2.24, 2.45) is 0 Å². The predicted molar refractivity (Wildman–Crippen MR) is 161 cm³/mol. The Kier molecular flexibility index (Phi) is 9.13. The van der Waals surface area contributed by atoms with E-state index in [1.807, 2.05) is 32.0 Å². The fraction of sp³-hybridized carbons (Fsp3) is 0.433. The fourth-order valence-corrected chi connectivity index (χ4v) is 6.72. The van der Waals surface area contributed by atoms with E-state index in [1.165, 1.54) is 11.3 Å². The molecule has 0 bridgehead atoms. The summed E-state index contributed by atoms with van der Waals surface area (Å²) in [6, 6.07) is 9.50. The number of amides is 2. The maximum absolute atomic E-state index is 12.9. The molecule has 4 N–H and O–H groups in total. The van der Waals surface area contributed by atoms with E-state index in [0.717, 1.165) is 53.5 Å². The predicted octanol–water partition coefficient (Wildman–Crippen LogP) is 4.56. The van der Waals surface area contributed by atoms with Gasteiger partial charge in [-0.25, -0.2) is 4.79 Å². The first-order valence-corrected chi connectivity index (χ1v) is 15.1. The SMILES string of the molecule is Cc1cc(N2C[C@H](CNC(=O)c3ccc(Cl)s3)OC2=O)cc(C)c1-c1cc[nH]c(=O)c1CCNC1CCC(O)CC1. The van der Waals surface area contributed by atoms with E-state index in [1.54, 1.807) is 23.2 Å². The van der Waals surface area contributed by atoms with Crippen molar-refractivity contribution < 1.29 is 19.4 Å². The van der Waals surface area contributed by atoms with Gasteiger partial charge in [-0.3, -0.25) is 14.5 Å². The summed E-state index contributed by atoms with van der Waals surface area (Å²) in [5, 5.41) is 16.1. The van der Waals surface area contributed by atoms with Crippen LogP contribution in [-0.4, -0.2) is 60.0 Å². The number of carbonyl (C=O) groups excluding carboxylic acids is 2. The van der Waals surface area contributed by atoms with Gasteiger partial charge in [0, 0.05) is 23.5 Å². The molecular weight excluding hydrogens is 564 g/mol. The van der Waals surface area contributed by atoms with Crippen LogP contribution in [0, 0.1) is 13.8 Å². The lowest BCUT2D eigenvalue weighted by atomic mass is 9.91. The van der Waals surface area contributed by atoms with Gasteiger partial charge in [0.25, 0.3) is 11.5 Å². The molecule has 41 heavy (non-hydrogen) atoms. The molecule has 218 valence electrons. The summed E-state index contributed by atoms with van der Waals surface area (Å²) in [7, 11) is 0. The Balaban J connectivity index is 1.27. The standard InChI is InChI=1S/C30H35ClN4O5S/c1-17-13-20(35-16-22(40-30(35)39)15-34-29(38)25-7-8-26(31)41-25)14-18(2)27(17)23-9-12-33-28(37)24(23)10-11-32-19-3-5-21(36)6-4-19/h7-9,12-14,19,21-22,32,36H,3-6,10-11,15-16H2,1-2H3,(H,33,37)(H,34,38)/t19?,21?,22-/m0/s1. The number of aryl methyl sites for hydroxylation is 2. The molecule has 1 saturated heterocycles. The zero-order valence-corrected chi connectivity index (χ0v) is 24.7. The van der Waals surface area contributed by atoms with Crippen LogP contribution in [0.3, 0.4) is 0 Å². The molecule has 3 heterocycles. The second-order valence-corrected chi connectivity index (χ2v) is 12.5. The van der Waals surface area contributed by atoms with Gasteiger partial charge in [-0.15, -0.1) is 11.3 Å². The van der Waals surface area contributed by atoms with Gasteiger partial charge in [0.15, 0.2) is 0 Å². The molecule has 1 aromatic carbocycles. The number of ether oxygens (including phenoxy) is 1. The maximum Gasteiger partial charge on any atom is 0.414 e. The first-order chi connectivity index (χ1) is 19.7. The lowest BCUT2D eigenvalue weighted by molar-refractivity contribution is 0.0920. The van der Waals surface area contributed by atoms with Crippen LogP contribution in [0.4, 0.5) is 10.5 Å². The highest BCUT2D eigenvalue weighted by molar-refractivity contribution is 7.18. The Morgan fingerprint density at radius 2 is 1.88 bits per heavy atom. The van der Waals surface area contributed by atoms with Crippen molar-refractivity contribution in [2.75, 3.05) is 24.5 Å². The van der Waals surface area contributed by atoms with Crippen molar-refractivity contribution in [1.82, 2.24) is 15.6 Å². The number of hydrogen-bond acceptors (Lipinski definition) is 7. The van der Waals surface area contributed by atoms with Crippen molar-refractivity contribution >= 4 is 40.6 Å². The van der Waals surface area contributed by atoms with Crippen molar-refractivity contribution in [3.05, 3.63) is 72.8 Å². The number of aliphatic hydroxyl groups excluding tert-OH is 1. The molecule has 5 rings (SSSR count). The zero-order chi connectivity index (χ0) is 29.1. The van der Waals surface area contributed by atoms with E-state index in [4.69, 9.17) is 16.3 Å². The van der Waals surface area contributed by atoms with E-state index in [-0.39, 0.29) is 24.1 Å². The lowest BCUT2D eigenvalue weighted by Crippen LogP contribution is -2.36. The van der Waals surface area contributed by atoms with Crippen LogP contribution in [0.1, 0.15) is 52.0 Å². The van der Waals surface area contributed by atoms with Crippen LogP contribution in [-0.2, 0) is 11.2 Å². The number of halogens is 1. The molecule has 0 spiro atoms. The van der Waals surface area contributed by atoms with Crippen molar-refractivity contribution in [3.8, 4) is 11.1 Å². The number of thiophene rings is 1. The largest absolute Gasteiger partial charge is 0.442 e. The van der Waals surface area contributed by atoms with Gasteiger partial charge in [0.1, 0.15) is 6.10 Å². The molecule has 0 radical (unpaired) electrons. The van der Waals surface area contributed by atoms with Gasteiger partial charge >= 0.3 is 6.09 Å². The molecule has 2 amide bonds. The highest BCUT2D eigenvalue weighted by Gasteiger charge is 2.33. The van der Waals surface area contributed by atoms with E-state index < -0.39 is 12.2 Å². The number of pyridine rings is 1. The van der Waals surface area contributed by atoms with Crippen LogP contribution in [0.25, 0.3) is 11.1 Å². The van der Waals surface area contributed by atoms with Gasteiger partial charge in [-0.05, 0) is 105 Å². The summed E-state index contributed by atoms with van der Waals surface area (Å²) < 4.78 is 6.07. The molecule has 3 aromatic rings. The van der Waals surface area contributed by atoms with E-state index in [9.17, 15) is 19.5 Å². The number of rotatable bonds is 9. The number of aromatic nitrogens is 1. The van der Waals surface area contributed by atoms with Crippen LogP contribution >= 0.6 is 22.9 Å². The van der Waals surface area contributed by atoms with Crippen molar-refractivity contribution in [3.63, 3.8) is 0 Å². The third-order valence-electron chi connectivity index (χ3n) is 7.83.